The van der Waals surface area contributed by atoms with Crippen LogP contribution in [0, 0.1) is 0 Å². The first kappa shape index (κ1) is 37.0. The maximum absolute atomic E-state index is 13.9. The lowest BCUT2D eigenvalue weighted by atomic mass is 9.76. The van der Waals surface area contributed by atoms with Crippen LogP contribution < -0.4 is 20.1 Å². The predicted octanol–water partition coefficient (Wildman–Crippen LogP) is 6.11. The molecule has 1 aromatic heterocycles. The topological polar surface area (TPSA) is 74.1 Å². The molecule has 3 aromatic rings. The van der Waals surface area contributed by atoms with E-state index in [1.807, 2.05) is 61.3 Å². The standard InChI is InChI=1S/C39H58N6O3/c1-10-38(3,4)30-19-20-34(32(28-30)39(5,6)11-2)48-27-15-18-35(46)44-25-23-43(24-26-44)33-29-40-45(31-16-13-12-14-17-31)37(47)36(33)42(9)22-21-41(7)8/h12-14,16-17,19-20,28-29H,10-11,15,18,21-27H2,1-9H3. The Balaban J connectivity index is 1.39. The second kappa shape index (κ2) is 16.0. The minimum atomic E-state index is -0.146. The molecule has 0 N–H and O–H groups in total. The van der Waals surface area contributed by atoms with Gasteiger partial charge in [0.2, 0.25) is 5.91 Å². The third-order valence-corrected chi connectivity index (χ3v) is 10.2. The smallest absolute Gasteiger partial charge is 0.297 e. The van der Waals surface area contributed by atoms with Crippen LogP contribution in [0.25, 0.3) is 5.69 Å². The minimum Gasteiger partial charge on any atom is -0.493 e. The molecule has 0 radical (unpaired) electrons. The highest BCUT2D eigenvalue weighted by molar-refractivity contribution is 5.77. The van der Waals surface area contributed by atoms with Gasteiger partial charge >= 0.3 is 0 Å². The van der Waals surface area contributed by atoms with E-state index in [4.69, 9.17) is 4.74 Å². The fourth-order valence-corrected chi connectivity index (χ4v) is 6.00. The molecule has 2 heterocycles. The lowest BCUT2D eigenvalue weighted by Gasteiger charge is -2.37. The van der Waals surface area contributed by atoms with Crippen molar-refractivity contribution in [3.63, 3.8) is 0 Å². The predicted molar refractivity (Wildman–Crippen MR) is 198 cm³/mol. The number of rotatable bonds is 15. The van der Waals surface area contributed by atoms with Gasteiger partial charge < -0.3 is 24.3 Å². The zero-order chi connectivity index (χ0) is 35.1. The molecule has 4 rings (SSSR count). The van der Waals surface area contributed by atoms with Crippen molar-refractivity contribution in [2.24, 2.45) is 0 Å². The van der Waals surface area contributed by atoms with Gasteiger partial charge in [0.25, 0.3) is 5.56 Å². The number of nitrogens with zero attached hydrogens (tertiary/aromatic N) is 6. The van der Waals surface area contributed by atoms with Gasteiger partial charge in [-0.3, -0.25) is 9.59 Å². The molecule has 1 amide bonds. The lowest BCUT2D eigenvalue weighted by molar-refractivity contribution is -0.131. The SMILES string of the molecule is CCC(C)(C)c1ccc(OCCCC(=O)N2CCN(c3cnn(-c4ccccc4)c(=O)c3N(C)CCN(C)C)CC2)c(C(C)(C)CC)c1. The lowest BCUT2D eigenvalue weighted by Crippen LogP contribution is -2.49. The average molecular weight is 659 g/mol. The van der Waals surface area contributed by atoms with Crippen molar-refractivity contribution in [3.8, 4) is 11.4 Å². The van der Waals surface area contributed by atoms with Crippen molar-refractivity contribution in [2.45, 2.75) is 78.1 Å². The molecule has 1 fully saturated rings. The number of para-hydroxylation sites is 1. The van der Waals surface area contributed by atoms with Crippen LogP contribution in [0.15, 0.2) is 59.5 Å². The molecule has 9 nitrogen and oxygen atoms in total. The highest BCUT2D eigenvalue weighted by atomic mass is 16.5. The van der Waals surface area contributed by atoms with Crippen LogP contribution in [0.5, 0.6) is 5.75 Å². The molecular formula is C39H58N6O3. The molecule has 262 valence electrons. The summed E-state index contributed by atoms with van der Waals surface area (Å²) in [5.41, 5.74) is 4.71. The molecule has 9 heteroatoms. The Morgan fingerprint density at radius 3 is 2.19 bits per heavy atom. The van der Waals surface area contributed by atoms with Crippen molar-refractivity contribution in [3.05, 3.63) is 76.2 Å². The van der Waals surface area contributed by atoms with Crippen molar-refractivity contribution in [2.75, 3.05) is 76.8 Å². The second-order valence-corrected chi connectivity index (χ2v) is 14.7. The van der Waals surface area contributed by atoms with Crippen LogP contribution in [-0.4, -0.2) is 92.5 Å². The van der Waals surface area contributed by atoms with Crippen molar-refractivity contribution < 1.29 is 9.53 Å². The van der Waals surface area contributed by atoms with Crippen LogP contribution in [0.2, 0.25) is 0 Å². The number of benzene rings is 2. The Hall–Kier alpha value is -3.85. The van der Waals surface area contributed by atoms with Gasteiger partial charge in [0.05, 0.1) is 24.2 Å². The van der Waals surface area contributed by atoms with Crippen molar-refractivity contribution >= 4 is 17.3 Å². The summed E-state index contributed by atoms with van der Waals surface area (Å²) in [4.78, 5) is 35.4. The zero-order valence-electron chi connectivity index (χ0n) is 30.9. The number of piperazine rings is 1. The molecule has 0 aliphatic carbocycles. The summed E-state index contributed by atoms with van der Waals surface area (Å²) in [6, 6.07) is 16.2. The van der Waals surface area contributed by atoms with E-state index in [0.717, 1.165) is 36.5 Å². The van der Waals surface area contributed by atoms with E-state index in [1.165, 1.54) is 15.8 Å². The van der Waals surface area contributed by atoms with Gasteiger partial charge in [0, 0.05) is 58.3 Å². The molecule has 0 spiro atoms. The Kier molecular flexibility index (Phi) is 12.4. The number of hydrogen-bond acceptors (Lipinski definition) is 7. The summed E-state index contributed by atoms with van der Waals surface area (Å²) in [5.74, 6) is 1.07. The van der Waals surface area contributed by atoms with Gasteiger partial charge in [-0.15, -0.1) is 0 Å². The maximum Gasteiger partial charge on any atom is 0.297 e. The normalized spacial score (nSPS) is 14.0. The summed E-state index contributed by atoms with van der Waals surface area (Å²) >= 11 is 0. The first-order chi connectivity index (χ1) is 22.8. The van der Waals surface area contributed by atoms with Crippen LogP contribution in [0.1, 0.15) is 78.4 Å². The number of amides is 1. The van der Waals surface area contributed by atoms with E-state index in [9.17, 15) is 9.59 Å². The number of anilines is 2. The Morgan fingerprint density at radius 1 is 0.896 bits per heavy atom. The average Bonchev–Trinajstić information content (AvgIpc) is 3.09. The summed E-state index contributed by atoms with van der Waals surface area (Å²) < 4.78 is 7.81. The van der Waals surface area contributed by atoms with Gasteiger partial charge in [-0.25, -0.2) is 0 Å². The summed E-state index contributed by atoms with van der Waals surface area (Å²) in [7, 11) is 6.02. The molecule has 48 heavy (non-hydrogen) atoms. The van der Waals surface area contributed by atoms with Gasteiger partial charge in [0.15, 0.2) is 0 Å². The van der Waals surface area contributed by atoms with E-state index < -0.39 is 0 Å². The quantitative estimate of drug-likeness (QED) is 0.183. The molecule has 0 atom stereocenters. The summed E-state index contributed by atoms with van der Waals surface area (Å²) in [6.45, 7) is 18.1. The van der Waals surface area contributed by atoms with E-state index >= 15 is 0 Å². The van der Waals surface area contributed by atoms with Crippen LogP contribution in [-0.2, 0) is 15.6 Å². The molecule has 1 aliphatic heterocycles. The number of ether oxygens (including phenoxy) is 1. The second-order valence-electron chi connectivity index (χ2n) is 14.7. The van der Waals surface area contributed by atoms with Gasteiger partial charge in [-0.2, -0.15) is 9.78 Å². The Bertz CT molecular complexity index is 1560. The Labute approximate surface area is 288 Å². The summed E-state index contributed by atoms with van der Waals surface area (Å²) in [6.07, 6.45) is 4.99. The van der Waals surface area contributed by atoms with Crippen molar-refractivity contribution in [1.29, 1.82) is 0 Å². The maximum atomic E-state index is 13.9. The number of likely N-dealkylation sites (N-methyl/N-ethyl adjacent to an activating group) is 2. The zero-order valence-corrected chi connectivity index (χ0v) is 30.9. The van der Waals surface area contributed by atoms with E-state index in [2.05, 4.69) is 74.6 Å². The van der Waals surface area contributed by atoms with Gasteiger partial charge in [0.1, 0.15) is 11.4 Å². The van der Waals surface area contributed by atoms with Crippen LogP contribution >= 0.6 is 0 Å². The number of hydrogen-bond donors (Lipinski definition) is 0. The fraction of sp³-hybridized carbons (Fsp3) is 0.564. The fourth-order valence-electron chi connectivity index (χ4n) is 6.00. The molecule has 2 aromatic carbocycles. The largest absolute Gasteiger partial charge is 0.493 e. The number of aromatic nitrogens is 2. The summed E-state index contributed by atoms with van der Waals surface area (Å²) in [5, 5.41) is 4.57. The Morgan fingerprint density at radius 2 is 1.56 bits per heavy atom. The van der Waals surface area contributed by atoms with Gasteiger partial charge in [-0.05, 0) is 68.0 Å². The minimum absolute atomic E-state index is 0.00535. The molecule has 1 saturated heterocycles. The molecular weight excluding hydrogens is 600 g/mol. The highest BCUT2D eigenvalue weighted by Gasteiger charge is 2.28. The van der Waals surface area contributed by atoms with E-state index in [1.54, 1.807) is 6.20 Å². The first-order valence-corrected chi connectivity index (χ1v) is 17.6. The third-order valence-electron chi connectivity index (χ3n) is 10.2. The monoisotopic (exact) mass is 658 g/mol. The number of carbonyl (C=O) groups excluding carboxylic acids is 1. The van der Waals surface area contributed by atoms with Crippen LogP contribution in [0.4, 0.5) is 11.4 Å². The molecule has 1 aliphatic rings. The van der Waals surface area contributed by atoms with E-state index in [-0.39, 0.29) is 22.3 Å². The number of carbonyl (C=O) groups is 1. The molecule has 0 saturated carbocycles. The molecule has 0 unspecified atom stereocenters. The molecule has 0 bridgehead atoms. The van der Waals surface area contributed by atoms with E-state index in [0.29, 0.717) is 57.9 Å². The van der Waals surface area contributed by atoms with Crippen molar-refractivity contribution in [1.82, 2.24) is 19.6 Å². The van der Waals surface area contributed by atoms with Gasteiger partial charge in [-0.1, -0.05) is 71.9 Å². The van der Waals surface area contributed by atoms with Crippen LogP contribution in [0.3, 0.4) is 0 Å². The third kappa shape index (κ3) is 8.78. The first-order valence-electron chi connectivity index (χ1n) is 17.6. The highest BCUT2D eigenvalue weighted by Crippen LogP contribution is 2.38.